The second kappa shape index (κ2) is 20.4. The van der Waals surface area contributed by atoms with E-state index in [0.29, 0.717) is 6.61 Å². The van der Waals surface area contributed by atoms with Gasteiger partial charge in [-0.05, 0) is 13.3 Å². The summed E-state index contributed by atoms with van der Waals surface area (Å²) in [5.74, 6) is -0.508. The van der Waals surface area contributed by atoms with Crippen molar-refractivity contribution in [3.63, 3.8) is 0 Å². The fourth-order valence-electron chi connectivity index (χ4n) is 1.94. The first-order chi connectivity index (χ1) is 11.5. The molecule has 1 atom stereocenters. The van der Waals surface area contributed by atoms with Crippen LogP contribution in [0.15, 0.2) is 0 Å². The molecule has 0 radical (unpaired) electrons. The van der Waals surface area contributed by atoms with Gasteiger partial charge >= 0.3 is 5.97 Å². The van der Waals surface area contributed by atoms with Crippen molar-refractivity contribution in [2.24, 2.45) is 0 Å². The lowest BCUT2D eigenvalue weighted by Crippen LogP contribution is -2.19. The summed E-state index contributed by atoms with van der Waals surface area (Å²) in [5.41, 5.74) is 0. The van der Waals surface area contributed by atoms with Crippen LogP contribution in [0.2, 0.25) is 0 Å². The molecule has 0 fully saturated rings. The molecule has 24 heavy (non-hydrogen) atoms. The van der Waals surface area contributed by atoms with Crippen molar-refractivity contribution < 1.29 is 30.0 Å². The van der Waals surface area contributed by atoms with Gasteiger partial charge in [0.15, 0.2) is 0 Å². The smallest absolute Gasteiger partial charge is 0.334 e. The maximum absolute atomic E-state index is 10.9. The highest BCUT2D eigenvalue weighted by Crippen LogP contribution is 2.10. The topological polar surface area (TPSA) is 107 Å². The molecule has 6 nitrogen and oxygen atoms in total. The van der Waals surface area contributed by atoms with Crippen molar-refractivity contribution in [1.29, 1.82) is 0 Å². The minimum atomic E-state index is -0.992. The molecule has 0 heterocycles. The van der Waals surface area contributed by atoms with E-state index in [9.17, 15) is 4.79 Å². The zero-order valence-corrected chi connectivity index (χ0v) is 15.5. The van der Waals surface area contributed by atoms with E-state index in [1.54, 1.807) is 0 Å². The highest BCUT2D eigenvalue weighted by molar-refractivity contribution is 5.73. The zero-order chi connectivity index (χ0) is 18.6. The molecule has 0 saturated carbocycles. The van der Waals surface area contributed by atoms with Gasteiger partial charge < -0.3 is 25.2 Å². The first kappa shape index (κ1) is 25.5. The van der Waals surface area contributed by atoms with Crippen molar-refractivity contribution in [2.45, 2.75) is 90.3 Å². The lowest BCUT2D eigenvalue weighted by atomic mass is 10.1. The van der Waals surface area contributed by atoms with Crippen molar-refractivity contribution in [3.8, 4) is 0 Å². The Hall–Kier alpha value is -0.690. The van der Waals surface area contributed by atoms with Gasteiger partial charge in [0, 0.05) is 0 Å². The molecule has 0 aromatic rings. The standard InChI is InChI=1S/C15H30O3.C3H8O3/c1-3-4-5-6-7-8-9-10-11-12-13-18-15(17)14(2)16;4-1-3(6)2-5/h14,16H,3-13H2,1-2H3;3-6H,1-2H2. The van der Waals surface area contributed by atoms with Gasteiger partial charge in [0.1, 0.15) is 12.2 Å². The molecule has 0 saturated heterocycles. The van der Waals surface area contributed by atoms with Crippen LogP contribution >= 0.6 is 0 Å². The summed E-state index contributed by atoms with van der Waals surface area (Å²) in [7, 11) is 0. The van der Waals surface area contributed by atoms with E-state index >= 15 is 0 Å². The second-order valence-electron chi connectivity index (χ2n) is 6.04. The summed E-state index contributed by atoms with van der Waals surface area (Å²) in [5, 5.41) is 32.9. The van der Waals surface area contributed by atoms with Crippen molar-refractivity contribution >= 4 is 5.97 Å². The predicted octanol–water partition coefficient (Wildman–Crippen LogP) is 2.16. The molecule has 0 rings (SSSR count). The fraction of sp³-hybridized carbons (Fsp3) is 0.944. The average Bonchev–Trinajstić information content (AvgIpc) is 2.59. The largest absolute Gasteiger partial charge is 0.464 e. The summed E-state index contributed by atoms with van der Waals surface area (Å²) in [6.07, 6.45) is 10.7. The molecule has 0 aliphatic heterocycles. The molecular formula is C18H38O6. The molecule has 0 aromatic carbocycles. The average molecular weight is 350 g/mol. The number of rotatable bonds is 14. The van der Waals surface area contributed by atoms with Crippen LogP contribution in [0.3, 0.4) is 0 Å². The molecule has 1 unspecified atom stereocenters. The van der Waals surface area contributed by atoms with E-state index in [1.165, 1.54) is 58.3 Å². The molecule has 0 spiro atoms. The van der Waals surface area contributed by atoms with Gasteiger partial charge in [0.25, 0.3) is 0 Å². The minimum Gasteiger partial charge on any atom is -0.464 e. The Balaban J connectivity index is 0. The number of carbonyl (C=O) groups excluding carboxylic acids is 1. The van der Waals surface area contributed by atoms with Crippen LogP contribution in [-0.4, -0.2) is 58.4 Å². The molecule has 0 aliphatic carbocycles. The minimum absolute atomic E-state index is 0.365. The lowest BCUT2D eigenvalue weighted by molar-refractivity contribution is -0.152. The fourth-order valence-corrected chi connectivity index (χ4v) is 1.94. The summed E-state index contributed by atoms with van der Waals surface area (Å²) in [6.45, 7) is 3.39. The van der Waals surface area contributed by atoms with E-state index in [2.05, 4.69) is 6.92 Å². The molecular weight excluding hydrogens is 312 g/mol. The molecule has 4 N–H and O–H groups in total. The monoisotopic (exact) mass is 350 g/mol. The Morgan fingerprint density at radius 2 is 1.25 bits per heavy atom. The molecule has 0 bridgehead atoms. The third kappa shape index (κ3) is 21.3. The summed E-state index contributed by atoms with van der Waals surface area (Å²) >= 11 is 0. The Bertz CT molecular complexity index is 254. The van der Waals surface area contributed by atoms with Crippen LogP contribution in [0.25, 0.3) is 0 Å². The number of unbranched alkanes of at least 4 members (excludes halogenated alkanes) is 9. The van der Waals surface area contributed by atoms with E-state index in [1.807, 2.05) is 0 Å². The number of aliphatic hydroxyl groups is 4. The summed E-state index contributed by atoms with van der Waals surface area (Å²) < 4.78 is 4.89. The van der Waals surface area contributed by atoms with Crippen LogP contribution in [-0.2, 0) is 9.53 Å². The Kier molecular flexibility index (Phi) is 21.7. The maximum atomic E-state index is 10.9. The third-order valence-corrected chi connectivity index (χ3v) is 3.50. The van der Waals surface area contributed by atoms with Gasteiger partial charge in [-0.25, -0.2) is 4.79 Å². The van der Waals surface area contributed by atoms with E-state index in [4.69, 9.17) is 25.2 Å². The van der Waals surface area contributed by atoms with Crippen LogP contribution in [0.5, 0.6) is 0 Å². The number of hydrogen-bond acceptors (Lipinski definition) is 6. The Morgan fingerprint density at radius 1 is 0.833 bits per heavy atom. The molecule has 6 heteroatoms. The van der Waals surface area contributed by atoms with Gasteiger partial charge in [-0.15, -0.1) is 0 Å². The summed E-state index contributed by atoms with van der Waals surface area (Å²) in [6, 6.07) is 0. The van der Waals surface area contributed by atoms with Gasteiger partial charge in [0.2, 0.25) is 0 Å². The molecule has 146 valence electrons. The number of esters is 1. The highest BCUT2D eigenvalue weighted by Gasteiger charge is 2.08. The van der Waals surface area contributed by atoms with Crippen LogP contribution in [0.4, 0.5) is 0 Å². The van der Waals surface area contributed by atoms with Gasteiger partial charge in [-0.3, -0.25) is 0 Å². The molecule has 0 amide bonds. The van der Waals surface area contributed by atoms with Crippen LogP contribution < -0.4 is 0 Å². The normalized spacial score (nSPS) is 11.8. The van der Waals surface area contributed by atoms with Crippen molar-refractivity contribution in [1.82, 2.24) is 0 Å². The van der Waals surface area contributed by atoms with E-state index < -0.39 is 18.2 Å². The van der Waals surface area contributed by atoms with Gasteiger partial charge in [-0.2, -0.15) is 0 Å². The van der Waals surface area contributed by atoms with Crippen molar-refractivity contribution in [3.05, 3.63) is 0 Å². The Morgan fingerprint density at radius 3 is 1.58 bits per heavy atom. The first-order valence-electron chi connectivity index (χ1n) is 9.24. The first-order valence-corrected chi connectivity index (χ1v) is 9.24. The van der Waals surface area contributed by atoms with Gasteiger partial charge in [-0.1, -0.05) is 64.7 Å². The molecule has 0 aliphatic rings. The van der Waals surface area contributed by atoms with E-state index in [-0.39, 0.29) is 13.2 Å². The van der Waals surface area contributed by atoms with Crippen LogP contribution in [0, 0.1) is 0 Å². The predicted molar refractivity (Wildman–Crippen MR) is 94.7 cm³/mol. The Labute approximate surface area is 146 Å². The number of ether oxygens (including phenoxy) is 1. The van der Waals surface area contributed by atoms with Crippen LogP contribution in [0.1, 0.15) is 78.1 Å². The number of aliphatic hydroxyl groups excluding tert-OH is 4. The summed E-state index contributed by atoms with van der Waals surface area (Å²) in [4.78, 5) is 10.9. The number of carbonyl (C=O) groups is 1. The third-order valence-electron chi connectivity index (χ3n) is 3.50. The van der Waals surface area contributed by atoms with Gasteiger partial charge in [0.05, 0.1) is 19.8 Å². The highest BCUT2D eigenvalue weighted by atomic mass is 16.5. The van der Waals surface area contributed by atoms with E-state index in [0.717, 1.165) is 12.8 Å². The lowest BCUT2D eigenvalue weighted by Gasteiger charge is -2.06. The maximum Gasteiger partial charge on any atom is 0.334 e. The molecule has 0 aromatic heterocycles. The second-order valence-corrected chi connectivity index (χ2v) is 6.04. The SMILES string of the molecule is CCCCCCCCCCCCOC(=O)C(C)O.OCC(O)CO. The quantitative estimate of drug-likeness (QED) is 0.282. The number of hydrogen-bond donors (Lipinski definition) is 4. The zero-order valence-electron chi connectivity index (χ0n) is 15.5. The van der Waals surface area contributed by atoms with Crippen molar-refractivity contribution in [2.75, 3.05) is 19.8 Å².